The quantitative estimate of drug-likeness (QED) is 0.356. The van der Waals surface area contributed by atoms with Crippen LogP contribution in [0, 0.1) is 11.8 Å². The molecule has 0 unspecified atom stereocenters. The topological polar surface area (TPSA) is 77.8 Å². The number of fused-ring (bicyclic) bond motifs is 1. The Morgan fingerprint density at radius 1 is 1.24 bits per heavy atom. The van der Waals surface area contributed by atoms with Gasteiger partial charge in [-0.05, 0) is 42.7 Å². The number of hydrogen-bond donors (Lipinski definition) is 3. The molecule has 1 aromatic heterocycles. The maximum Gasteiger partial charge on any atom is 0.303 e. The van der Waals surface area contributed by atoms with E-state index in [0.717, 1.165) is 46.2 Å². The first-order chi connectivity index (χ1) is 14.0. The number of thiophene rings is 1. The Labute approximate surface area is 176 Å². The zero-order chi connectivity index (χ0) is 20.8. The van der Waals surface area contributed by atoms with Crippen LogP contribution in [0.5, 0.6) is 0 Å². The molecule has 5 heteroatoms. The van der Waals surface area contributed by atoms with E-state index >= 15 is 0 Å². The van der Waals surface area contributed by atoms with Crippen LogP contribution < -0.4 is 0 Å². The summed E-state index contributed by atoms with van der Waals surface area (Å²) in [6, 6.07) is 10.1. The number of carboxylic acids is 1. The lowest BCUT2D eigenvalue weighted by Gasteiger charge is -2.20. The Bertz CT molecular complexity index is 836. The number of carboxylic acid groups (broad SMARTS) is 1. The Hall–Kier alpha value is -1.95. The summed E-state index contributed by atoms with van der Waals surface area (Å²) >= 11 is 1.60. The Morgan fingerprint density at radius 2 is 2.00 bits per heavy atom. The van der Waals surface area contributed by atoms with Crippen LogP contribution in [0.1, 0.15) is 55.9 Å². The summed E-state index contributed by atoms with van der Waals surface area (Å²) in [7, 11) is 0. The minimum absolute atomic E-state index is 0.0769. The highest BCUT2D eigenvalue weighted by Crippen LogP contribution is 2.40. The van der Waals surface area contributed by atoms with Crippen molar-refractivity contribution in [3.05, 3.63) is 59.5 Å². The van der Waals surface area contributed by atoms with E-state index in [9.17, 15) is 15.0 Å². The lowest BCUT2D eigenvalue weighted by Crippen LogP contribution is -2.18. The van der Waals surface area contributed by atoms with Crippen LogP contribution in [0.15, 0.2) is 54.6 Å². The molecule has 1 aromatic carbocycles. The molecule has 3 N–H and O–H groups in total. The molecule has 29 heavy (non-hydrogen) atoms. The smallest absolute Gasteiger partial charge is 0.303 e. The second kappa shape index (κ2) is 10.2. The average Bonchev–Trinajstić information content (AvgIpc) is 3.23. The molecule has 0 aliphatic heterocycles. The van der Waals surface area contributed by atoms with Crippen molar-refractivity contribution in [1.29, 1.82) is 0 Å². The lowest BCUT2D eigenvalue weighted by atomic mass is 9.87. The highest BCUT2D eigenvalue weighted by molar-refractivity contribution is 7.19. The molecule has 1 heterocycles. The fraction of sp³-hybridized carbons (Fsp3) is 0.458. The summed E-state index contributed by atoms with van der Waals surface area (Å²) < 4.78 is 1.16. The SMILES string of the molecule is C=C1C[C@@H](O)[C@H](CCCCCCC(=O)O)[C@@H]1C=C[C@@H](O)c1cc2ccccc2s1. The molecule has 1 aliphatic carbocycles. The number of aliphatic carboxylic acids is 1. The van der Waals surface area contributed by atoms with Gasteiger partial charge in [0, 0.05) is 21.9 Å². The first-order valence-electron chi connectivity index (χ1n) is 10.4. The maximum atomic E-state index is 10.6. The molecule has 0 saturated heterocycles. The van der Waals surface area contributed by atoms with Gasteiger partial charge in [-0.2, -0.15) is 0 Å². The summed E-state index contributed by atoms with van der Waals surface area (Å²) in [6.07, 6.45) is 8.08. The summed E-state index contributed by atoms with van der Waals surface area (Å²) in [5.74, 6) is -0.546. The van der Waals surface area contributed by atoms with Crippen LogP contribution in [0.4, 0.5) is 0 Å². The minimum Gasteiger partial charge on any atom is -0.481 e. The second-order valence-electron chi connectivity index (χ2n) is 7.98. The molecule has 156 valence electrons. The zero-order valence-electron chi connectivity index (χ0n) is 16.7. The number of unbranched alkanes of at least 4 members (excludes halogenated alkanes) is 3. The standard InChI is InChI=1S/C24H30O4S/c1-16-14-21(26)19(9-4-2-3-5-11-24(27)28)18(16)12-13-20(25)23-15-17-8-6-7-10-22(17)29-23/h6-8,10,12-13,15,18-21,25-26H,1-5,9,11,14H2,(H,27,28)/t18-,19-,20-,21-/m1/s1. The van der Waals surface area contributed by atoms with Gasteiger partial charge in [0.1, 0.15) is 6.10 Å². The Kier molecular flexibility index (Phi) is 7.64. The van der Waals surface area contributed by atoms with E-state index in [0.29, 0.717) is 12.8 Å². The number of rotatable bonds is 10. The Morgan fingerprint density at radius 3 is 2.76 bits per heavy atom. The predicted molar refractivity (Wildman–Crippen MR) is 118 cm³/mol. The van der Waals surface area contributed by atoms with E-state index in [1.807, 2.05) is 36.4 Å². The molecule has 0 bridgehead atoms. The molecule has 4 nitrogen and oxygen atoms in total. The summed E-state index contributed by atoms with van der Waals surface area (Å²) in [6.45, 7) is 4.14. The predicted octanol–water partition coefficient (Wildman–Crippen LogP) is 5.47. The molecule has 2 aromatic rings. The van der Waals surface area contributed by atoms with Gasteiger partial charge in [-0.25, -0.2) is 0 Å². The maximum absolute atomic E-state index is 10.6. The molecule has 0 amide bonds. The van der Waals surface area contributed by atoms with Gasteiger partial charge in [0.05, 0.1) is 6.10 Å². The van der Waals surface area contributed by atoms with Crippen LogP contribution in [0.2, 0.25) is 0 Å². The summed E-state index contributed by atoms with van der Waals surface area (Å²) in [5, 5.41) is 30.9. The van der Waals surface area contributed by atoms with Crippen molar-refractivity contribution in [3.63, 3.8) is 0 Å². The van der Waals surface area contributed by atoms with E-state index in [1.165, 1.54) is 0 Å². The number of carbonyl (C=O) groups is 1. The van der Waals surface area contributed by atoms with Gasteiger partial charge < -0.3 is 15.3 Å². The minimum atomic E-state index is -0.741. The zero-order valence-corrected chi connectivity index (χ0v) is 17.5. The van der Waals surface area contributed by atoms with Crippen LogP contribution in [-0.4, -0.2) is 27.4 Å². The third kappa shape index (κ3) is 5.78. The third-order valence-corrected chi connectivity index (χ3v) is 7.00. The molecule has 1 fully saturated rings. The van der Waals surface area contributed by atoms with Gasteiger partial charge >= 0.3 is 5.97 Å². The molecule has 0 radical (unpaired) electrons. The largest absolute Gasteiger partial charge is 0.481 e. The number of aliphatic hydroxyl groups is 2. The van der Waals surface area contributed by atoms with E-state index in [2.05, 4.69) is 12.6 Å². The van der Waals surface area contributed by atoms with Crippen molar-refractivity contribution in [2.45, 2.75) is 57.2 Å². The van der Waals surface area contributed by atoms with E-state index in [-0.39, 0.29) is 18.3 Å². The van der Waals surface area contributed by atoms with Crippen molar-refractivity contribution in [3.8, 4) is 0 Å². The third-order valence-electron chi connectivity index (χ3n) is 5.81. The van der Waals surface area contributed by atoms with Gasteiger partial charge in [0.15, 0.2) is 0 Å². The van der Waals surface area contributed by atoms with Crippen molar-refractivity contribution in [2.24, 2.45) is 11.8 Å². The number of allylic oxidation sites excluding steroid dienone is 1. The highest BCUT2D eigenvalue weighted by atomic mass is 32.1. The van der Waals surface area contributed by atoms with Gasteiger partial charge in [-0.15, -0.1) is 11.3 Å². The summed E-state index contributed by atoms with van der Waals surface area (Å²) in [4.78, 5) is 11.5. The molecule has 1 saturated carbocycles. The van der Waals surface area contributed by atoms with Crippen molar-refractivity contribution in [2.75, 3.05) is 0 Å². The molecule has 3 rings (SSSR count). The van der Waals surface area contributed by atoms with Gasteiger partial charge in [-0.1, -0.05) is 61.8 Å². The molecular weight excluding hydrogens is 384 g/mol. The Balaban J connectivity index is 1.56. The normalized spacial score (nSPS) is 23.2. The molecule has 1 aliphatic rings. The van der Waals surface area contributed by atoms with E-state index in [1.54, 1.807) is 11.3 Å². The van der Waals surface area contributed by atoms with Gasteiger partial charge in [-0.3, -0.25) is 4.79 Å². The fourth-order valence-corrected chi connectivity index (χ4v) is 5.26. The van der Waals surface area contributed by atoms with E-state index in [4.69, 9.17) is 5.11 Å². The first-order valence-corrected chi connectivity index (χ1v) is 11.2. The van der Waals surface area contributed by atoms with Crippen LogP contribution >= 0.6 is 11.3 Å². The number of benzene rings is 1. The first kappa shape index (κ1) is 21.8. The monoisotopic (exact) mass is 414 g/mol. The van der Waals surface area contributed by atoms with Crippen molar-refractivity contribution in [1.82, 2.24) is 0 Å². The highest BCUT2D eigenvalue weighted by Gasteiger charge is 2.35. The van der Waals surface area contributed by atoms with Gasteiger partial charge in [0.2, 0.25) is 0 Å². The number of aliphatic hydroxyl groups excluding tert-OH is 2. The second-order valence-corrected chi connectivity index (χ2v) is 9.10. The average molecular weight is 415 g/mol. The molecule has 0 spiro atoms. The van der Waals surface area contributed by atoms with Crippen molar-refractivity contribution >= 4 is 27.4 Å². The van der Waals surface area contributed by atoms with Crippen LogP contribution in [-0.2, 0) is 4.79 Å². The van der Waals surface area contributed by atoms with Crippen molar-refractivity contribution < 1.29 is 20.1 Å². The number of hydrogen-bond acceptors (Lipinski definition) is 4. The fourth-order valence-electron chi connectivity index (χ4n) is 4.23. The van der Waals surface area contributed by atoms with Crippen LogP contribution in [0.25, 0.3) is 10.1 Å². The van der Waals surface area contributed by atoms with Crippen LogP contribution in [0.3, 0.4) is 0 Å². The van der Waals surface area contributed by atoms with E-state index < -0.39 is 18.2 Å². The summed E-state index contributed by atoms with van der Waals surface area (Å²) in [5.41, 5.74) is 1.02. The molecule has 4 atom stereocenters. The van der Waals surface area contributed by atoms with Gasteiger partial charge in [0.25, 0.3) is 0 Å². The molecular formula is C24H30O4S. The lowest BCUT2D eigenvalue weighted by molar-refractivity contribution is -0.137.